The third-order valence-electron chi connectivity index (χ3n) is 3.21. The van der Waals surface area contributed by atoms with E-state index in [0.29, 0.717) is 35.0 Å². The lowest BCUT2D eigenvalue weighted by atomic mass is 10.1. The van der Waals surface area contributed by atoms with Gasteiger partial charge in [0.05, 0.1) is 23.4 Å². The van der Waals surface area contributed by atoms with Crippen LogP contribution in [0.2, 0.25) is 0 Å². The van der Waals surface area contributed by atoms with Crippen molar-refractivity contribution < 1.29 is 14.0 Å². The van der Waals surface area contributed by atoms with Crippen LogP contribution in [-0.4, -0.2) is 18.4 Å². The first-order valence-corrected chi connectivity index (χ1v) is 7.47. The quantitative estimate of drug-likeness (QED) is 0.762. The predicted molar refractivity (Wildman–Crippen MR) is 88.2 cm³/mol. The molecule has 0 aliphatic carbocycles. The van der Waals surface area contributed by atoms with Gasteiger partial charge in [-0.1, -0.05) is 26.0 Å². The van der Waals surface area contributed by atoms with Gasteiger partial charge in [0.2, 0.25) is 0 Å². The van der Waals surface area contributed by atoms with Crippen molar-refractivity contribution in [1.82, 2.24) is 5.32 Å². The van der Waals surface area contributed by atoms with Crippen LogP contribution < -0.4 is 16.4 Å². The lowest BCUT2D eigenvalue weighted by molar-refractivity contribution is 0.0950. The third-order valence-corrected chi connectivity index (χ3v) is 3.21. The Morgan fingerprint density at radius 1 is 1.22 bits per heavy atom. The Kier molecular flexibility index (Phi) is 5.54. The normalized spacial score (nSPS) is 10.6. The van der Waals surface area contributed by atoms with Gasteiger partial charge in [-0.25, -0.2) is 0 Å². The molecular weight excluding hydrogens is 294 g/mol. The van der Waals surface area contributed by atoms with Crippen LogP contribution in [0, 0.1) is 5.92 Å². The molecule has 0 saturated heterocycles. The van der Waals surface area contributed by atoms with Crippen molar-refractivity contribution in [3.8, 4) is 0 Å². The van der Waals surface area contributed by atoms with E-state index in [1.807, 2.05) is 13.8 Å². The maximum atomic E-state index is 12.2. The molecule has 6 heteroatoms. The standard InChI is InChI=1S/C17H21N3O3/c1-11(2)9-19-17(22)14-5-3-4-6-15(14)20-16(21)12-7-13(8-18)23-10-12/h3-7,10-11H,8-9,18H2,1-2H3,(H,19,22)(H,20,21). The summed E-state index contributed by atoms with van der Waals surface area (Å²) in [5.41, 5.74) is 6.70. The number of hydrogen-bond donors (Lipinski definition) is 3. The molecule has 0 unspecified atom stereocenters. The topological polar surface area (TPSA) is 97.4 Å². The number of nitrogens with two attached hydrogens (primary N) is 1. The largest absolute Gasteiger partial charge is 0.467 e. The zero-order chi connectivity index (χ0) is 16.8. The van der Waals surface area contributed by atoms with Crippen molar-refractivity contribution in [1.29, 1.82) is 0 Å². The second-order valence-corrected chi connectivity index (χ2v) is 5.61. The van der Waals surface area contributed by atoms with Crippen LogP contribution in [0.3, 0.4) is 0 Å². The zero-order valence-electron chi connectivity index (χ0n) is 13.3. The van der Waals surface area contributed by atoms with Crippen molar-refractivity contribution >= 4 is 17.5 Å². The molecule has 23 heavy (non-hydrogen) atoms. The van der Waals surface area contributed by atoms with Gasteiger partial charge in [-0.3, -0.25) is 9.59 Å². The van der Waals surface area contributed by atoms with Gasteiger partial charge >= 0.3 is 0 Å². The number of nitrogens with one attached hydrogen (secondary N) is 2. The van der Waals surface area contributed by atoms with Crippen molar-refractivity contribution in [2.24, 2.45) is 11.7 Å². The minimum atomic E-state index is -0.349. The van der Waals surface area contributed by atoms with Gasteiger partial charge in [-0.05, 0) is 24.1 Å². The van der Waals surface area contributed by atoms with E-state index in [0.717, 1.165) is 0 Å². The van der Waals surface area contributed by atoms with Crippen LogP contribution in [-0.2, 0) is 6.54 Å². The zero-order valence-corrected chi connectivity index (χ0v) is 13.3. The molecule has 0 aliphatic heterocycles. The van der Waals surface area contributed by atoms with Crippen LogP contribution in [0.25, 0.3) is 0 Å². The van der Waals surface area contributed by atoms with Crippen molar-refractivity contribution in [3.05, 3.63) is 53.5 Å². The molecular formula is C17H21N3O3. The molecule has 0 saturated carbocycles. The molecule has 0 radical (unpaired) electrons. The smallest absolute Gasteiger partial charge is 0.258 e. The lowest BCUT2D eigenvalue weighted by Crippen LogP contribution is -2.28. The summed E-state index contributed by atoms with van der Waals surface area (Å²) in [6, 6.07) is 8.45. The first-order chi connectivity index (χ1) is 11.0. The highest BCUT2D eigenvalue weighted by Crippen LogP contribution is 2.17. The van der Waals surface area contributed by atoms with Gasteiger partial charge in [-0.2, -0.15) is 0 Å². The fourth-order valence-corrected chi connectivity index (χ4v) is 1.98. The molecule has 1 heterocycles. The summed E-state index contributed by atoms with van der Waals surface area (Å²) in [6.45, 7) is 4.83. The van der Waals surface area contributed by atoms with E-state index in [1.54, 1.807) is 30.3 Å². The third kappa shape index (κ3) is 4.43. The number of furan rings is 1. The Hall–Kier alpha value is -2.60. The molecule has 2 amide bonds. The van der Waals surface area contributed by atoms with Crippen LogP contribution >= 0.6 is 0 Å². The highest BCUT2D eigenvalue weighted by Gasteiger charge is 2.15. The molecule has 122 valence electrons. The molecule has 0 aliphatic rings. The minimum Gasteiger partial charge on any atom is -0.467 e. The van der Waals surface area contributed by atoms with Crippen molar-refractivity contribution in [2.45, 2.75) is 20.4 Å². The molecule has 0 bridgehead atoms. The monoisotopic (exact) mass is 315 g/mol. The van der Waals surface area contributed by atoms with E-state index in [1.165, 1.54) is 6.26 Å². The maximum absolute atomic E-state index is 12.2. The Labute approximate surface area is 135 Å². The van der Waals surface area contributed by atoms with E-state index in [-0.39, 0.29) is 18.4 Å². The SMILES string of the molecule is CC(C)CNC(=O)c1ccccc1NC(=O)c1coc(CN)c1. The van der Waals surface area contributed by atoms with Crippen molar-refractivity contribution in [2.75, 3.05) is 11.9 Å². The van der Waals surface area contributed by atoms with Crippen LogP contribution in [0.1, 0.15) is 40.3 Å². The fourth-order valence-electron chi connectivity index (χ4n) is 1.98. The summed E-state index contributed by atoms with van der Waals surface area (Å²) in [4.78, 5) is 24.5. The molecule has 0 spiro atoms. The Bertz CT molecular complexity index is 692. The first kappa shape index (κ1) is 16.8. The summed E-state index contributed by atoms with van der Waals surface area (Å²) in [7, 11) is 0. The van der Waals surface area contributed by atoms with Gasteiger partial charge < -0.3 is 20.8 Å². The highest BCUT2D eigenvalue weighted by molar-refractivity contribution is 6.08. The Morgan fingerprint density at radius 3 is 2.61 bits per heavy atom. The number of benzene rings is 1. The maximum Gasteiger partial charge on any atom is 0.258 e. The van der Waals surface area contributed by atoms with Gasteiger partial charge in [0.25, 0.3) is 11.8 Å². The summed E-state index contributed by atoms with van der Waals surface area (Å²) >= 11 is 0. The molecule has 4 N–H and O–H groups in total. The molecule has 0 atom stereocenters. The number of anilines is 1. The number of rotatable bonds is 6. The Morgan fingerprint density at radius 2 is 1.96 bits per heavy atom. The second kappa shape index (κ2) is 7.60. The number of carbonyl (C=O) groups is 2. The lowest BCUT2D eigenvalue weighted by Gasteiger charge is -2.12. The number of hydrogen-bond acceptors (Lipinski definition) is 4. The Balaban J connectivity index is 2.13. The van der Waals surface area contributed by atoms with E-state index in [2.05, 4.69) is 10.6 Å². The summed E-state index contributed by atoms with van der Waals surface area (Å²) in [6.07, 6.45) is 1.35. The van der Waals surface area contributed by atoms with E-state index < -0.39 is 0 Å². The first-order valence-electron chi connectivity index (χ1n) is 7.47. The van der Waals surface area contributed by atoms with E-state index in [9.17, 15) is 9.59 Å². The molecule has 1 aromatic carbocycles. The van der Waals surface area contributed by atoms with Gasteiger partial charge in [0.15, 0.2) is 0 Å². The van der Waals surface area contributed by atoms with Crippen molar-refractivity contribution in [3.63, 3.8) is 0 Å². The molecule has 2 aromatic rings. The second-order valence-electron chi connectivity index (χ2n) is 5.61. The van der Waals surface area contributed by atoms with Gasteiger partial charge in [-0.15, -0.1) is 0 Å². The van der Waals surface area contributed by atoms with Gasteiger partial charge in [0.1, 0.15) is 12.0 Å². The summed E-state index contributed by atoms with van der Waals surface area (Å²) < 4.78 is 5.15. The summed E-state index contributed by atoms with van der Waals surface area (Å²) in [5, 5.41) is 5.57. The highest BCUT2D eigenvalue weighted by atomic mass is 16.3. The number of amides is 2. The number of carbonyl (C=O) groups excluding carboxylic acids is 2. The molecule has 1 aromatic heterocycles. The van der Waals surface area contributed by atoms with Crippen LogP contribution in [0.4, 0.5) is 5.69 Å². The van der Waals surface area contributed by atoms with Crippen LogP contribution in [0.5, 0.6) is 0 Å². The molecule has 2 rings (SSSR count). The minimum absolute atomic E-state index is 0.218. The average molecular weight is 315 g/mol. The summed E-state index contributed by atoms with van der Waals surface area (Å²) in [5.74, 6) is 0.307. The van der Waals surface area contributed by atoms with Gasteiger partial charge in [0, 0.05) is 6.54 Å². The van der Waals surface area contributed by atoms with E-state index >= 15 is 0 Å². The van der Waals surface area contributed by atoms with Crippen LogP contribution in [0.15, 0.2) is 41.0 Å². The molecule has 0 fully saturated rings. The molecule has 6 nitrogen and oxygen atoms in total. The predicted octanol–water partition coefficient (Wildman–Crippen LogP) is 2.38. The number of para-hydroxylation sites is 1. The van der Waals surface area contributed by atoms with E-state index in [4.69, 9.17) is 10.2 Å². The average Bonchev–Trinajstić information content (AvgIpc) is 3.02. The fraction of sp³-hybridized carbons (Fsp3) is 0.294.